The second-order valence-electron chi connectivity index (χ2n) is 9.39. The van der Waals surface area contributed by atoms with Gasteiger partial charge in [-0.2, -0.15) is 0 Å². The van der Waals surface area contributed by atoms with E-state index in [1.807, 2.05) is 66.7 Å². The summed E-state index contributed by atoms with van der Waals surface area (Å²) in [5.74, 6) is -1.08. The van der Waals surface area contributed by atoms with Crippen LogP contribution in [-0.2, 0) is 11.2 Å². The standard InChI is InChI=1S/C30H24N6O3S/c1-18-9-14-23-25(16-18)40-30(33-23)31-21-12-10-20(11-13-21)26-34-35-27-22(8-5-15-36(26)27)28(37)32-24(29(38)39)17-19-6-3-2-4-7-19/h2-16,24H,17H2,1H3,(H,31,33)(H,32,37)(H,38,39)/t24-/m0/s1. The number of aliphatic carboxylic acids is 1. The number of thiazole rings is 1. The van der Waals surface area contributed by atoms with E-state index in [-0.39, 0.29) is 12.0 Å². The topological polar surface area (TPSA) is 122 Å². The van der Waals surface area contributed by atoms with Gasteiger partial charge in [0.2, 0.25) is 0 Å². The van der Waals surface area contributed by atoms with Crippen molar-refractivity contribution in [1.29, 1.82) is 0 Å². The van der Waals surface area contributed by atoms with E-state index in [1.165, 1.54) is 5.56 Å². The molecule has 40 heavy (non-hydrogen) atoms. The van der Waals surface area contributed by atoms with Crippen LogP contribution in [0, 0.1) is 6.92 Å². The monoisotopic (exact) mass is 548 g/mol. The van der Waals surface area contributed by atoms with Crippen molar-refractivity contribution < 1.29 is 14.7 Å². The van der Waals surface area contributed by atoms with Crippen LogP contribution in [0.4, 0.5) is 10.8 Å². The zero-order chi connectivity index (χ0) is 27.6. The van der Waals surface area contributed by atoms with Crippen LogP contribution in [0.25, 0.3) is 27.3 Å². The van der Waals surface area contributed by atoms with E-state index in [0.29, 0.717) is 11.5 Å². The molecular weight excluding hydrogens is 524 g/mol. The molecule has 0 aliphatic heterocycles. The first-order valence-corrected chi connectivity index (χ1v) is 13.4. The average Bonchev–Trinajstić information content (AvgIpc) is 3.57. The molecule has 10 heteroatoms. The van der Waals surface area contributed by atoms with E-state index >= 15 is 0 Å². The minimum absolute atomic E-state index is 0.167. The van der Waals surface area contributed by atoms with Crippen molar-refractivity contribution in [3.05, 3.63) is 108 Å². The van der Waals surface area contributed by atoms with E-state index in [2.05, 4.69) is 38.8 Å². The van der Waals surface area contributed by atoms with Crippen LogP contribution < -0.4 is 10.6 Å². The molecule has 3 aromatic carbocycles. The van der Waals surface area contributed by atoms with Gasteiger partial charge in [0, 0.05) is 23.9 Å². The molecule has 0 aliphatic rings. The van der Waals surface area contributed by atoms with Gasteiger partial charge in [-0.1, -0.05) is 47.7 Å². The summed E-state index contributed by atoms with van der Waals surface area (Å²) in [6.45, 7) is 2.06. The molecule has 3 aromatic heterocycles. The Kier molecular flexibility index (Phi) is 6.67. The Balaban J connectivity index is 1.21. The van der Waals surface area contributed by atoms with Gasteiger partial charge in [0.05, 0.1) is 15.8 Å². The van der Waals surface area contributed by atoms with E-state index in [9.17, 15) is 14.7 Å². The molecule has 0 unspecified atom stereocenters. The summed E-state index contributed by atoms with van der Waals surface area (Å²) in [6.07, 6.45) is 1.94. The van der Waals surface area contributed by atoms with E-state index < -0.39 is 17.9 Å². The van der Waals surface area contributed by atoms with Crippen molar-refractivity contribution in [1.82, 2.24) is 24.9 Å². The summed E-state index contributed by atoms with van der Waals surface area (Å²) in [6, 6.07) is 25.3. The molecule has 1 atom stereocenters. The molecule has 1 amide bonds. The Bertz CT molecular complexity index is 1850. The molecule has 6 aromatic rings. The molecule has 0 radical (unpaired) electrons. The fourth-order valence-corrected chi connectivity index (χ4v) is 5.47. The third kappa shape index (κ3) is 5.12. The number of nitrogens with zero attached hydrogens (tertiary/aromatic N) is 4. The molecule has 0 fully saturated rings. The largest absolute Gasteiger partial charge is 0.480 e. The fourth-order valence-electron chi connectivity index (χ4n) is 4.49. The van der Waals surface area contributed by atoms with Crippen molar-refractivity contribution in [3.63, 3.8) is 0 Å². The molecule has 0 bridgehead atoms. The summed E-state index contributed by atoms with van der Waals surface area (Å²) < 4.78 is 2.85. The van der Waals surface area contributed by atoms with Crippen molar-refractivity contribution in [2.24, 2.45) is 0 Å². The lowest BCUT2D eigenvalue weighted by Crippen LogP contribution is -2.42. The molecular formula is C30H24N6O3S. The third-order valence-electron chi connectivity index (χ3n) is 6.50. The van der Waals surface area contributed by atoms with Crippen LogP contribution in [0.1, 0.15) is 21.5 Å². The number of anilines is 2. The lowest BCUT2D eigenvalue weighted by atomic mass is 10.1. The Morgan fingerprint density at radius 1 is 0.975 bits per heavy atom. The number of aryl methyl sites for hydroxylation is 1. The van der Waals surface area contributed by atoms with Crippen molar-refractivity contribution in [2.75, 3.05) is 5.32 Å². The molecule has 0 saturated heterocycles. The maximum Gasteiger partial charge on any atom is 0.326 e. The van der Waals surface area contributed by atoms with Gasteiger partial charge in [0.15, 0.2) is 16.6 Å². The van der Waals surface area contributed by atoms with E-state index in [4.69, 9.17) is 0 Å². The van der Waals surface area contributed by atoms with E-state index in [0.717, 1.165) is 32.2 Å². The SMILES string of the molecule is Cc1ccc2nc(Nc3ccc(-c4nnc5c(C(=O)N[C@@H](Cc6ccccc6)C(=O)O)cccn45)cc3)sc2c1. The Morgan fingerprint density at radius 2 is 1.77 bits per heavy atom. The summed E-state index contributed by atoms with van der Waals surface area (Å²) >= 11 is 1.60. The number of aromatic nitrogens is 4. The smallest absolute Gasteiger partial charge is 0.326 e. The molecule has 0 aliphatic carbocycles. The number of hydrogen-bond acceptors (Lipinski definition) is 7. The number of fused-ring (bicyclic) bond motifs is 2. The Hall–Kier alpha value is -5.09. The lowest BCUT2D eigenvalue weighted by molar-refractivity contribution is -0.139. The predicted molar refractivity (Wildman–Crippen MR) is 155 cm³/mol. The number of carboxylic acid groups (broad SMARTS) is 1. The molecule has 6 rings (SSSR count). The first-order chi connectivity index (χ1) is 19.4. The number of hydrogen-bond donors (Lipinski definition) is 3. The van der Waals surface area contributed by atoms with Crippen LogP contribution in [0.5, 0.6) is 0 Å². The number of nitrogens with one attached hydrogen (secondary N) is 2. The second-order valence-corrected chi connectivity index (χ2v) is 10.4. The highest BCUT2D eigenvalue weighted by Gasteiger charge is 2.23. The maximum absolute atomic E-state index is 13.1. The normalized spacial score (nSPS) is 11.9. The van der Waals surface area contributed by atoms with Crippen LogP contribution in [0.15, 0.2) is 91.1 Å². The van der Waals surface area contributed by atoms with Gasteiger partial charge in [-0.15, -0.1) is 10.2 Å². The number of pyridine rings is 1. The third-order valence-corrected chi connectivity index (χ3v) is 7.44. The molecule has 0 spiro atoms. The average molecular weight is 549 g/mol. The summed E-state index contributed by atoms with van der Waals surface area (Å²) in [5, 5.41) is 25.1. The molecule has 3 N–H and O–H groups in total. The summed E-state index contributed by atoms with van der Waals surface area (Å²) in [7, 11) is 0. The van der Waals surface area contributed by atoms with Crippen molar-refractivity contribution in [3.8, 4) is 11.4 Å². The zero-order valence-electron chi connectivity index (χ0n) is 21.4. The lowest BCUT2D eigenvalue weighted by Gasteiger charge is -2.15. The van der Waals surface area contributed by atoms with Gasteiger partial charge in [0.1, 0.15) is 6.04 Å². The minimum Gasteiger partial charge on any atom is -0.480 e. The van der Waals surface area contributed by atoms with Crippen molar-refractivity contribution >= 4 is 49.9 Å². The molecule has 0 saturated carbocycles. The quantitative estimate of drug-likeness (QED) is 0.230. The number of rotatable bonds is 8. The predicted octanol–water partition coefficient (Wildman–Crippen LogP) is 5.48. The van der Waals surface area contributed by atoms with Crippen LogP contribution in [0.2, 0.25) is 0 Å². The first kappa shape index (κ1) is 25.2. The van der Waals surface area contributed by atoms with Crippen LogP contribution in [0.3, 0.4) is 0 Å². The van der Waals surface area contributed by atoms with Gasteiger partial charge in [-0.3, -0.25) is 9.20 Å². The van der Waals surface area contributed by atoms with Gasteiger partial charge in [-0.05, 0) is 66.6 Å². The Morgan fingerprint density at radius 3 is 2.55 bits per heavy atom. The van der Waals surface area contributed by atoms with Crippen LogP contribution in [-0.4, -0.2) is 42.6 Å². The number of amides is 1. The fraction of sp³-hybridized carbons (Fsp3) is 0.100. The highest BCUT2D eigenvalue weighted by atomic mass is 32.1. The second kappa shape index (κ2) is 10.6. The minimum atomic E-state index is -1.11. The van der Waals surface area contributed by atoms with Gasteiger partial charge >= 0.3 is 5.97 Å². The zero-order valence-corrected chi connectivity index (χ0v) is 22.2. The Labute approximate surface area is 233 Å². The number of carbonyl (C=O) groups is 2. The van der Waals surface area contributed by atoms with E-state index in [1.54, 1.807) is 34.1 Å². The molecule has 9 nitrogen and oxygen atoms in total. The van der Waals surface area contributed by atoms with Gasteiger partial charge < -0.3 is 15.7 Å². The van der Waals surface area contributed by atoms with Crippen LogP contribution >= 0.6 is 11.3 Å². The summed E-state index contributed by atoms with van der Waals surface area (Å²) in [4.78, 5) is 29.7. The highest BCUT2D eigenvalue weighted by Crippen LogP contribution is 2.30. The highest BCUT2D eigenvalue weighted by molar-refractivity contribution is 7.22. The van der Waals surface area contributed by atoms with Gasteiger partial charge in [0.25, 0.3) is 5.91 Å². The van der Waals surface area contributed by atoms with Crippen molar-refractivity contribution in [2.45, 2.75) is 19.4 Å². The number of benzene rings is 3. The molecule has 3 heterocycles. The number of carbonyl (C=O) groups excluding carboxylic acids is 1. The maximum atomic E-state index is 13.1. The molecule has 198 valence electrons. The number of carboxylic acids is 1. The first-order valence-electron chi connectivity index (χ1n) is 12.6. The summed E-state index contributed by atoms with van der Waals surface area (Å²) in [5.41, 5.74) is 5.24. The van der Waals surface area contributed by atoms with Gasteiger partial charge in [-0.25, -0.2) is 9.78 Å².